The van der Waals surface area contributed by atoms with Crippen LogP contribution < -0.4 is 29.0 Å². The summed E-state index contributed by atoms with van der Waals surface area (Å²) in [5.74, 6) is 3.62. The monoisotopic (exact) mass is 357 g/mol. The van der Waals surface area contributed by atoms with E-state index in [1.165, 1.54) is 11.1 Å². The van der Waals surface area contributed by atoms with E-state index in [2.05, 4.69) is 17.4 Å². The standard InChI is InChI=1S/C20H23NO5/c1-22-18-7-12(8-19(23-2)20(18)24-3)6-15-14-10-17-16(25-11-26-17)9-13(14)4-5-21-15/h7-10,15,21H,4-6,11H2,1-3H3. The highest BCUT2D eigenvalue weighted by Gasteiger charge is 2.26. The molecule has 0 aromatic heterocycles. The van der Waals surface area contributed by atoms with E-state index >= 15 is 0 Å². The largest absolute Gasteiger partial charge is 0.493 e. The zero-order valence-corrected chi connectivity index (χ0v) is 15.3. The second kappa shape index (κ2) is 6.96. The number of fused-ring (bicyclic) bond motifs is 2. The fourth-order valence-corrected chi connectivity index (χ4v) is 3.70. The minimum absolute atomic E-state index is 0.191. The Morgan fingerprint density at radius 2 is 1.65 bits per heavy atom. The van der Waals surface area contributed by atoms with Crippen molar-refractivity contribution < 1.29 is 23.7 Å². The van der Waals surface area contributed by atoms with Gasteiger partial charge in [0.25, 0.3) is 0 Å². The molecule has 0 aliphatic carbocycles. The second-order valence-corrected chi connectivity index (χ2v) is 6.40. The zero-order chi connectivity index (χ0) is 18.1. The topological polar surface area (TPSA) is 58.2 Å². The first-order valence-corrected chi connectivity index (χ1v) is 8.68. The molecule has 0 bridgehead atoms. The lowest BCUT2D eigenvalue weighted by atomic mass is 9.89. The van der Waals surface area contributed by atoms with Gasteiger partial charge in [-0.1, -0.05) is 0 Å². The summed E-state index contributed by atoms with van der Waals surface area (Å²) in [5, 5.41) is 3.61. The van der Waals surface area contributed by atoms with Crippen LogP contribution in [-0.2, 0) is 12.8 Å². The Labute approximate surface area is 153 Å². The Morgan fingerprint density at radius 3 is 2.31 bits per heavy atom. The van der Waals surface area contributed by atoms with Crippen LogP contribution in [0.15, 0.2) is 24.3 Å². The third-order valence-corrected chi connectivity index (χ3v) is 4.96. The van der Waals surface area contributed by atoms with Crippen LogP contribution >= 0.6 is 0 Å². The van der Waals surface area contributed by atoms with Crippen molar-refractivity contribution in [2.45, 2.75) is 18.9 Å². The Hall–Kier alpha value is -2.60. The van der Waals surface area contributed by atoms with Gasteiger partial charge in [-0.25, -0.2) is 0 Å². The van der Waals surface area contributed by atoms with Gasteiger partial charge in [0.05, 0.1) is 21.3 Å². The van der Waals surface area contributed by atoms with Gasteiger partial charge in [0.15, 0.2) is 23.0 Å². The van der Waals surface area contributed by atoms with Crippen LogP contribution in [0.1, 0.15) is 22.7 Å². The van der Waals surface area contributed by atoms with Crippen molar-refractivity contribution in [1.29, 1.82) is 0 Å². The molecule has 2 aromatic carbocycles. The predicted molar refractivity (Wildman–Crippen MR) is 96.8 cm³/mol. The van der Waals surface area contributed by atoms with Gasteiger partial charge in [-0.3, -0.25) is 0 Å². The summed E-state index contributed by atoms with van der Waals surface area (Å²) >= 11 is 0. The van der Waals surface area contributed by atoms with E-state index in [4.69, 9.17) is 23.7 Å². The summed E-state index contributed by atoms with van der Waals surface area (Å²) in [6.07, 6.45) is 1.79. The van der Waals surface area contributed by atoms with Crippen LogP contribution in [0, 0.1) is 0 Å². The molecule has 6 nitrogen and oxygen atoms in total. The van der Waals surface area contributed by atoms with Gasteiger partial charge in [-0.15, -0.1) is 0 Å². The molecule has 2 heterocycles. The van der Waals surface area contributed by atoms with Crippen LogP contribution in [-0.4, -0.2) is 34.7 Å². The van der Waals surface area contributed by atoms with Crippen LogP contribution in [0.5, 0.6) is 28.7 Å². The van der Waals surface area contributed by atoms with Crippen molar-refractivity contribution in [3.8, 4) is 28.7 Å². The molecule has 2 aromatic rings. The van der Waals surface area contributed by atoms with Gasteiger partial charge in [0, 0.05) is 6.04 Å². The summed E-state index contributed by atoms with van der Waals surface area (Å²) < 4.78 is 27.4. The first-order valence-electron chi connectivity index (χ1n) is 8.68. The summed E-state index contributed by atoms with van der Waals surface area (Å²) in [6.45, 7) is 1.23. The molecule has 0 saturated heterocycles. The minimum atomic E-state index is 0.191. The number of hydrogen-bond acceptors (Lipinski definition) is 6. The van der Waals surface area contributed by atoms with Gasteiger partial charge >= 0.3 is 0 Å². The molecular formula is C20H23NO5. The minimum Gasteiger partial charge on any atom is -0.493 e. The quantitative estimate of drug-likeness (QED) is 0.888. The summed E-state index contributed by atoms with van der Waals surface area (Å²) in [6, 6.07) is 8.41. The van der Waals surface area contributed by atoms with Crippen molar-refractivity contribution in [3.63, 3.8) is 0 Å². The molecule has 138 valence electrons. The zero-order valence-electron chi connectivity index (χ0n) is 15.3. The lowest BCUT2D eigenvalue weighted by Gasteiger charge is -2.28. The fourth-order valence-electron chi connectivity index (χ4n) is 3.70. The van der Waals surface area contributed by atoms with E-state index in [-0.39, 0.29) is 6.04 Å². The van der Waals surface area contributed by atoms with Gasteiger partial charge in [0.1, 0.15) is 0 Å². The molecule has 4 rings (SSSR count). The number of hydrogen-bond donors (Lipinski definition) is 1. The normalized spacial score (nSPS) is 17.6. The van der Waals surface area contributed by atoms with Crippen molar-refractivity contribution in [2.75, 3.05) is 34.7 Å². The fraction of sp³-hybridized carbons (Fsp3) is 0.400. The number of ether oxygens (including phenoxy) is 5. The third kappa shape index (κ3) is 2.90. The van der Waals surface area contributed by atoms with Gasteiger partial charge in [0.2, 0.25) is 12.5 Å². The van der Waals surface area contributed by atoms with Crippen molar-refractivity contribution in [1.82, 2.24) is 5.32 Å². The van der Waals surface area contributed by atoms with E-state index in [1.807, 2.05) is 12.1 Å². The predicted octanol–water partition coefficient (Wildman–Crippen LogP) is 2.87. The summed E-state index contributed by atoms with van der Waals surface area (Å²) in [4.78, 5) is 0. The molecule has 0 amide bonds. The Kier molecular flexibility index (Phi) is 4.51. The van der Waals surface area contributed by atoms with Crippen LogP contribution in [0.2, 0.25) is 0 Å². The lowest BCUT2D eigenvalue weighted by molar-refractivity contribution is 0.174. The van der Waals surface area contributed by atoms with Crippen LogP contribution in [0.25, 0.3) is 0 Å². The first kappa shape index (κ1) is 16.8. The highest BCUT2D eigenvalue weighted by molar-refractivity contribution is 5.55. The smallest absolute Gasteiger partial charge is 0.231 e. The third-order valence-electron chi connectivity index (χ3n) is 4.96. The molecule has 0 radical (unpaired) electrons. The number of benzene rings is 2. The lowest BCUT2D eigenvalue weighted by Crippen LogP contribution is -2.31. The molecule has 2 aliphatic rings. The first-order chi connectivity index (χ1) is 12.7. The maximum Gasteiger partial charge on any atom is 0.231 e. The average Bonchev–Trinajstić information content (AvgIpc) is 3.13. The molecule has 0 saturated carbocycles. The summed E-state index contributed by atoms with van der Waals surface area (Å²) in [5.41, 5.74) is 3.68. The molecule has 0 fully saturated rings. The molecule has 2 aliphatic heterocycles. The van der Waals surface area contributed by atoms with Crippen LogP contribution in [0.3, 0.4) is 0 Å². The van der Waals surface area contributed by atoms with E-state index in [9.17, 15) is 0 Å². The van der Waals surface area contributed by atoms with Gasteiger partial charge in [-0.2, -0.15) is 0 Å². The number of methoxy groups -OCH3 is 3. The van der Waals surface area contributed by atoms with Crippen LogP contribution in [0.4, 0.5) is 0 Å². The summed E-state index contributed by atoms with van der Waals surface area (Å²) in [7, 11) is 4.88. The molecule has 0 spiro atoms. The van der Waals surface area contributed by atoms with Crippen molar-refractivity contribution in [3.05, 3.63) is 41.0 Å². The average molecular weight is 357 g/mol. The molecule has 1 N–H and O–H groups in total. The SMILES string of the molecule is COc1cc(CC2NCCc3cc4c(cc32)OCO4)cc(OC)c1OC. The van der Waals surface area contributed by atoms with E-state index in [0.29, 0.717) is 24.0 Å². The number of nitrogens with one attached hydrogen (secondary N) is 1. The maximum atomic E-state index is 5.56. The van der Waals surface area contributed by atoms with E-state index < -0.39 is 0 Å². The van der Waals surface area contributed by atoms with Crippen molar-refractivity contribution in [2.24, 2.45) is 0 Å². The van der Waals surface area contributed by atoms with Gasteiger partial charge < -0.3 is 29.0 Å². The van der Waals surface area contributed by atoms with E-state index in [1.54, 1.807) is 21.3 Å². The molecule has 6 heteroatoms. The Balaban J connectivity index is 1.67. The van der Waals surface area contributed by atoms with Gasteiger partial charge in [-0.05, 0) is 60.3 Å². The number of rotatable bonds is 5. The Bertz CT molecular complexity index is 795. The highest BCUT2D eigenvalue weighted by Crippen LogP contribution is 2.41. The van der Waals surface area contributed by atoms with Crippen molar-refractivity contribution >= 4 is 0 Å². The molecule has 1 unspecified atom stereocenters. The maximum absolute atomic E-state index is 5.56. The molecule has 1 atom stereocenters. The Morgan fingerprint density at radius 1 is 0.962 bits per heavy atom. The van der Waals surface area contributed by atoms with E-state index in [0.717, 1.165) is 36.4 Å². The highest BCUT2D eigenvalue weighted by atomic mass is 16.7. The molecule has 26 heavy (non-hydrogen) atoms. The second-order valence-electron chi connectivity index (χ2n) is 6.40. The molecular weight excluding hydrogens is 334 g/mol.